The van der Waals surface area contributed by atoms with Gasteiger partial charge in [0.15, 0.2) is 5.96 Å². The zero-order valence-corrected chi connectivity index (χ0v) is 17.0. The summed E-state index contributed by atoms with van der Waals surface area (Å²) in [7, 11) is 4.15. The van der Waals surface area contributed by atoms with Crippen molar-refractivity contribution in [3.63, 3.8) is 0 Å². The van der Waals surface area contributed by atoms with E-state index in [2.05, 4.69) is 60.4 Å². The zero-order valence-electron chi connectivity index (χ0n) is 14.7. The number of nitrogens with zero attached hydrogens (tertiary/aromatic N) is 3. The summed E-state index contributed by atoms with van der Waals surface area (Å²) in [5.74, 6) is 1.10. The van der Waals surface area contributed by atoms with E-state index < -0.39 is 0 Å². The van der Waals surface area contributed by atoms with Crippen LogP contribution in [0.25, 0.3) is 0 Å². The van der Waals surface area contributed by atoms with Crippen LogP contribution in [0.3, 0.4) is 0 Å². The van der Waals surface area contributed by atoms with Crippen molar-refractivity contribution in [2.75, 3.05) is 45.2 Å². The molecule has 1 aromatic carbocycles. The highest BCUT2D eigenvalue weighted by atomic mass is 127. The van der Waals surface area contributed by atoms with Crippen molar-refractivity contribution in [1.29, 1.82) is 0 Å². The van der Waals surface area contributed by atoms with Gasteiger partial charge in [-0.2, -0.15) is 0 Å². The number of aliphatic imine (C=N–C) groups is 1. The minimum atomic E-state index is 0. The van der Waals surface area contributed by atoms with E-state index in [1.807, 2.05) is 0 Å². The van der Waals surface area contributed by atoms with Gasteiger partial charge < -0.3 is 15.1 Å². The van der Waals surface area contributed by atoms with Crippen molar-refractivity contribution in [3.05, 3.63) is 29.8 Å². The SMILES string of the molecule is CCNC(=NCCCc1ccc(N(C)C)cc1)N1CCCC1.I. The Hall–Kier alpha value is -0.980. The number of rotatable bonds is 6. The molecule has 0 aromatic heterocycles. The number of guanidine groups is 1. The fraction of sp³-hybridized carbons (Fsp3) is 0.611. The molecule has 0 radical (unpaired) electrons. The number of halogens is 1. The van der Waals surface area contributed by atoms with Gasteiger partial charge in [-0.1, -0.05) is 12.1 Å². The predicted molar refractivity (Wildman–Crippen MR) is 111 cm³/mol. The van der Waals surface area contributed by atoms with Gasteiger partial charge in [0, 0.05) is 46.0 Å². The standard InChI is InChI=1S/C18H30N4.HI/c1-4-19-18(22-14-5-6-15-22)20-13-7-8-16-9-11-17(12-10-16)21(2)3;/h9-12H,4-8,13-15H2,1-3H3,(H,19,20);1H. The summed E-state index contributed by atoms with van der Waals surface area (Å²) in [6, 6.07) is 8.83. The van der Waals surface area contributed by atoms with E-state index in [1.54, 1.807) is 0 Å². The molecule has 0 aliphatic carbocycles. The topological polar surface area (TPSA) is 30.9 Å². The third kappa shape index (κ3) is 6.57. The van der Waals surface area contributed by atoms with E-state index in [0.717, 1.165) is 45.0 Å². The fourth-order valence-corrected chi connectivity index (χ4v) is 2.78. The third-order valence-corrected chi connectivity index (χ3v) is 4.08. The summed E-state index contributed by atoms with van der Waals surface area (Å²) >= 11 is 0. The van der Waals surface area contributed by atoms with E-state index in [1.165, 1.54) is 24.1 Å². The van der Waals surface area contributed by atoms with Gasteiger partial charge in [0.25, 0.3) is 0 Å². The van der Waals surface area contributed by atoms with Gasteiger partial charge in [0.2, 0.25) is 0 Å². The number of hydrogen-bond donors (Lipinski definition) is 1. The summed E-state index contributed by atoms with van der Waals surface area (Å²) < 4.78 is 0. The normalized spacial score (nSPS) is 14.6. The molecule has 1 aliphatic heterocycles. The average Bonchev–Trinajstić information content (AvgIpc) is 3.05. The van der Waals surface area contributed by atoms with Crippen LogP contribution in [0.4, 0.5) is 5.69 Å². The second-order valence-electron chi connectivity index (χ2n) is 6.09. The van der Waals surface area contributed by atoms with Crippen LogP contribution in [-0.2, 0) is 6.42 Å². The van der Waals surface area contributed by atoms with Gasteiger partial charge in [-0.25, -0.2) is 0 Å². The minimum Gasteiger partial charge on any atom is -0.378 e. The first-order valence-corrected chi connectivity index (χ1v) is 8.50. The summed E-state index contributed by atoms with van der Waals surface area (Å²) in [6.07, 6.45) is 4.78. The summed E-state index contributed by atoms with van der Waals surface area (Å²) in [6.45, 7) is 6.28. The average molecular weight is 430 g/mol. The third-order valence-electron chi connectivity index (χ3n) is 4.08. The number of hydrogen-bond acceptors (Lipinski definition) is 2. The quantitative estimate of drug-likeness (QED) is 0.325. The molecule has 1 heterocycles. The molecule has 1 aliphatic rings. The molecule has 0 saturated carbocycles. The molecule has 0 spiro atoms. The zero-order chi connectivity index (χ0) is 15.8. The van der Waals surface area contributed by atoms with Gasteiger partial charge in [0.1, 0.15) is 0 Å². The monoisotopic (exact) mass is 430 g/mol. The molecule has 1 aromatic rings. The van der Waals surface area contributed by atoms with Crippen LogP contribution in [0.2, 0.25) is 0 Å². The molecular weight excluding hydrogens is 399 g/mol. The predicted octanol–water partition coefficient (Wildman–Crippen LogP) is 3.36. The molecule has 23 heavy (non-hydrogen) atoms. The Kier molecular flexibility index (Phi) is 9.36. The number of likely N-dealkylation sites (tertiary alicyclic amines) is 1. The maximum absolute atomic E-state index is 4.78. The molecule has 1 N–H and O–H groups in total. The summed E-state index contributed by atoms with van der Waals surface area (Å²) in [5.41, 5.74) is 2.65. The minimum absolute atomic E-state index is 0. The smallest absolute Gasteiger partial charge is 0.193 e. The summed E-state index contributed by atoms with van der Waals surface area (Å²) in [5, 5.41) is 3.41. The molecule has 2 rings (SSSR count). The van der Waals surface area contributed by atoms with Crippen LogP contribution < -0.4 is 10.2 Å². The van der Waals surface area contributed by atoms with E-state index in [9.17, 15) is 0 Å². The molecule has 130 valence electrons. The molecule has 4 nitrogen and oxygen atoms in total. The Morgan fingerprint density at radius 1 is 1.17 bits per heavy atom. The molecular formula is C18H31IN4. The maximum Gasteiger partial charge on any atom is 0.193 e. The second kappa shape index (κ2) is 10.7. The molecule has 0 unspecified atom stereocenters. The van der Waals surface area contributed by atoms with Gasteiger partial charge in [-0.15, -0.1) is 24.0 Å². The lowest BCUT2D eigenvalue weighted by Crippen LogP contribution is -2.39. The first kappa shape index (κ1) is 20.1. The molecule has 0 atom stereocenters. The lowest BCUT2D eigenvalue weighted by atomic mass is 10.1. The van der Waals surface area contributed by atoms with Crippen LogP contribution in [-0.4, -0.2) is 51.1 Å². The van der Waals surface area contributed by atoms with Crippen LogP contribution in [0.1, 0.15) is 31.7 Å². The molecule has 0 bridgehead atoms. The van der Waals surface area contributed by atoms with Crippen LogP contribution in [0.5, 0.6) is 0 Å². The van der Waals surface area contributed by atoms with Gasteiger partial charge in [0.05, 0.1) is 0 Å². The van der Waals surface area contributed by atoms with E-state index in [4.69, 9.17) is 4.99 Å². The van der Waals surface area contributed by atoms with Crippen LogP contribution in [0, 0.1) is 0 Å². The van der Waals surface area contributed by atoms with Crippen LogP contribution >= 0.6 is 24.0 Å². The van der Waals surface area contributed by atoms with Gasteiger partial charge in [-0.3, -0.25) is 4.99 Å². The van der Waals surface area contributed by atoms with E-state index in [0.29, 0.717) is 0 Å². The first-order chi connectivity index (χ1) is 10.7. The van der Waals surface area contributed by atoms with Crippen molar-refractivity contribution >= 4 is 35.6 Å². The lowest BCUT2D eigenvalue weighted by molar-refractivity contribution is 0.493. The number of nitrogens with one attached hydrogen (secondary N) is 1. The van der Waals surface area contributed by atoms with Crippen molar-refractivity contribution in [2.24, 2.45) is 4.99 Å². The van der Waals surface area contributed by atoms with Crippen molar-refractivity contribution in [1.82, 2.24) is 10.2 Å². The Labute approximate surface area is 158 Å². The molecule has 1 saturated heterocycles. The molecule has 5 heteroatoms. The highest BCUT2D eigenvalue weighted by Gasteiger charge is 2.14. The highest BCUT2D eigenvalue weighted by molar-refractivity contribution is 14.0. The molecule has 1 fully saturated rings. The van der Waals surface area contributed by atoms with Crippen molar-refractivity contribution < 1.29 is 0 Å². The Balaban J connectivity index is 0.00000264. The van der Waals surface area contributed by atoms with Gasteiger partial charge in [-0.05, 0) is 50.3 Å². The maximum atomic E-state index is 4.78. The number of anilines is 1. The van der Waals surface area contributed by atoms with Crippen molar-refractivity contribution in [3.8, 4) is 0 Å². The Morgan fingerprint density at radius 3 is 2.39 bits per heavy atom. The van der Waals surface area contributed by atoms with Crippen LogP contribution in [0.15, 0.2) is 29.3 Å². The number of benzene rings is 1. The largest absolute Gasteiger partial charge is 0.378 e. The second-order valence-corrected chi connectivity index (χ2v) is 6.09. The van der Waals surface area contributed by atoms with Gasteiger partial charge >= 0.3 is 0 Å². The lowest BCUT2D eigenvalue weighted by Gasteiger charge is -2.20. The molecule has 0 amide bonds. The highest BCUT2D eigenvalue weighted by Crippen LogP contribution is 2.13. The summed E-state index contributed by atoms with van der Waals surface area (Å²) in [4.78, 5) is 9.30. The Morgan fingerprint density at radius 2 is 1.83 bits per heavy atom. The first-order valence-electron chi connectivity index (χ1n) is 8.50. The van der Waals surface area contributed by atoms with E-state index in [-0.39, 0.29) is 24.0 Å². The Bertz CT molecular complexity index is 464. The van der Waals surface area contributed by atoms with E-state index >= 15 is 0 Å². The fourth-order valence-electron chi connectivity index (χ4n) is 2.78. The van der Waals surface area contributed by atoms with Crippen molar-refractivity contribution in [2.45, 2.75) is 32.6 Å². The number of aryl methyl sites for hydroxylation is 1.